The van der Waals surface area contributed by atoms with Crippen LogP contribution in [-0.4, -0.2) is 29.3 Å². The Hall–Kier alpha value is -0.670. The molecule has 1 aliphatic heterocycles. The summed E-state index contributed by atoms with van der Waals surface area (Å²) in [4.78, 5) is 16.4. The average molecular weight is 279 g/mol. The number of thiophene rings is 1. The van der Waals surface area contributed by atoms with Crippen LogP contribution < -0.4 is 0 Å². The molecule has 3 heteroatoms. The maximum Gasteiger partial charge on any atom is 0.153 e. The number of aryl methyl sites for hydroxylation is 1. The number of hydrogen-bond donors (Lipinski definition) is 0. The SMILES string of the molecule is CCC(C)(C(=O)CCc1cccs1)N1CCCCC1. The van der Waals surface area contributed by atoms with Crippen molar-refractivity contribution >= 4 is 17.1 Å². The highest BCUT2D eigenvalue weighted by molar-refractivity contribution is 7.09. The molecule has 1 aliphatic rings. The van der Waals surface area contributed by atoms with Gasteiger partial charge in [-0.1, -0.05) is 19.4 Å². The van der Waals surface area contributed by atoms with Crippen molar-refractivity contribution in [2.45, 2.75) is 57.9 Å². The molecule has 1 saturated heterocycles. The fraction of sp³-hybridized carbons (Fsp3) is 0.688. The fourth-order valence-corrected chi connectivity index (χ4v) is 3.65. The summed E-state index contributed by atoms with van der Waals surface area (Å²) in [6, 6.07) is 4.19. The van der Waals surface area contributed by atoms with Gasteiger partial charge < -0.3 is 0 Å². The van der Waals surface area contributed by atoms with E-state index in [4.69, 9.17) is 0 Å². The third-order valence-corrected chi connectivity index (χ3v) is 5.46. The topological polar surface area (TPSA) is 20.3 Å². The molecule has 1 aromatic heterocycles. The summed E-state index contributed by atoms with van der Waals surface area (Å²) in [7, 11) is 0. The van der Waals surface area contributed by atoms with E-state index < -0.39 is 0 Å². The molecule has 0 radical (unpaired) electrons. The highest BCUT2D eigenvalue weighted by atomic mass is 32.1. The van der Waals surface area contributed by atoms with Crippen LogP contribution in [0.5, 0.6) is 0 Å². The first-order valence-corrected chi connectivity index (χ1v) is 8.35. The van der Waals surface area contributed by atoms with Gasteiger partial charge in [-0.2, -0.15) is 0 Å². The second-order valence-corrected chi connectivity index (χ2v) is 6.71. The Morgan fingerprint density at radius 2 is 2.11 bits per heavy atom. The van der Waals surface area contributed by atoms with Crippen molar-refractivity contribution in [3.63, 3.8) is 0 Å². The largest absolute Gasteiger partial charge is 0.298 e. The van der Waals surface area contributed by atoms with Crippen LogP contribution >= 0.6 is 11.3 Å². The molecule has 1 fully saturated rings. The van der Waals surface area contributed by atoms with E-state index in [0.29, 0.717) is 12.2 Å². The van der Waals surface area contributed by atoms with Gasteiger partial charge in [0.15, 0.2) is 5.78 Å². The van der Waals surface area contributed by atoms with E-state index in [-0.39, 0.29) is 5.54 Å². The highest BCUT2D eigenvalue weighted by Crippen LogP contribution is 2.27. The minimum absolute atomic E-state index is 0.238. The standard InChI is InChI=1S/C16H25NOS/c1-3-16(2,17-11-5-4-6-12-17)15(18)10-9-14-8-7-13-19-14/h7-8,13H,3-6,9-12H2,1-2H3. The van der Waals surface area contributed by atoms with E-state index in [9.17, 15) is 4.79 Å². The van der Waals surface area contributed by atoms with Gasteiger partial charge in [-0.25, -0.2) is 0 Å². The van der Waals surface area contributed by atoms with Crippen molar-refractivity contribution in [2.24, 2.45) is 0 Å². The molecular weight excluding hydrogens is 254 g/mol. The lowest BCUT2D eigenvalue weighted by Gasteiger charge is -2.42. The van der Waals surface area contributed by atoms with Crippen LogP contribution in [0.15, 0.2) is 17.5 Å². The van der Waals surface area contributed by atoms with Gasteiger partial charge in [-0.05, 0) is 57.1 Å². The Labute approximate surface area is 120 Å². The number of piperidine rings is 1. The van der Waals surface area contributed by atoms with E-state index in [2.05, 4.69) is 36.3 Å². The monoisotopic (exact) mass is 279 g/mol. The maximum absolute atomic E-state index is 12.7. The number of Topliss-reactive ketones (excluding diaryl/α,β-unsaturated/α-hetero) is 1. The fourth-order valence-electron chi connectivity index (χ4n) is 2.95. The summed E-state index contributed by atoms with van der Waals surface area (Å²) in [5, 5.41) is 2.09. The molecule has 106 valence electrons. The van der Waals surface area contributed by atoms with Crippen molar-refractivity contribution in [3.05, 3.63) is 22.4 Å². The molecule has 1 atom stereocenters. The normalized spacial score (nSPS) is 20.1. The van der Waals surface area contributed by atoms with Crippen LogP contribution in [0.3, 0.4) is 0 Å². The van der Waals surface area contributed by atoms with Crippen LogP contribution in [0.25, 0.3) is 0 Å². The van der Waals surface area contributed by atoms with Crippen LogP contribution in [0.2, 0.25) is 0 Å². The lowest BCUT2D eigenvalue weighted by Crippen LogP contribution is -2.53. The van der Waals surface area contributed by atoms with Crippen molar-refractivity contribution in [2.75, 3.05) is 13.1 Å². The van der Waals surface area contributed by atoms with Gasteiger partial charge in [0.1, 0.15) is 0 Å². The summed E-state index contributed by atoms with van der Waals surface area (Å²) in [6.07, 6.45) is 6.32. The van der Waals surface area contributed by atoms with E-state index in [1.54, 1.807) is 11.3 Å². The number of carbonyl (C=O) groups excluding carboxylic acids is 1. The first-order chi connectivity index (χ1) is 9.16. The summed E-state index contributed by atoms with van der Waals surface area (Å²) in [5.74, 6) is 0.422. The zero-order valence-corrected chi connectivity index (χ0v) is 13.0. The quantitative estimate of drug-likeness (QED) is 0.787. The first kappa shape index (κ1) is 14.7. The van der Waals surface area contributed by atoms with E-state index in [1.165, 1.54) is 24.1 Å². The number of ketones is 1. The molecular formula is C16H25NOS. The molecule has 2 heterocycles. The van der Waals surface area contributed by atoms with Crippen LogP contribution in [0, 0.1) is 0 Å². The van der Waals surface area contributed by atoms with Crippen molar-refractivity contribution < 1.29 is 4.79 Å². The van der Waals surface area contributed by atoms with Crippen LogP contribution in [-0.2, 0) is 11.2 Å². The van der Waals surface area contributed by atoms with Crippen molar-refractivity contribution in [3.8, 4) is 0 Å². The summed E-state index contributed by atoms with van der Waals surface area (Å²) in [6.45, 7) is 6.48. The van der Waals surface area contributed by atoms with Gasteiger partial charge >= 0.3 is 0 Å². The summed E-state index contributed by atoms with van der Waals surface area (Å²) >= 11 is 1.75. The molecule has 0 N–H and O–H groups in total. The molecule has 2 rings (SSSR count). The van der Waals surface area contributed by atoms with Crippen molar-refractivity contribution in [1.82, 2.24) is 4.90 Å². The number of nitrogens with zero attached hydrogens (tertiary/aromatic N) is 1. The Morgan fingerprint density at radius 1 is 1.37 bits per heavy atom. The number of rotatable bonds is 6. The zero-order chi connectivity index (χ0) is 13.7. The minimum Gasteiger partial charge on any atom is -0.298 e. The lowest BCUT2D eigenvalue weighted by atomic mass is 9.86. The average Bonchev–Trinajstić information content (AvgIpc) is 2.98. The van der Waals surface area contributed by atoms with Crippen LogP contribution in [0.1, 0.15) is 50.8 Å². The van der Waals surface area contributed by atoms with Gasteiger partial charge in [-0.3, -0.25) is 9.69 Å². The Kier molecular flexibility index (Phi) is 5.17. The zero-order valence-electron chi connectivity index (χ0n) is 12.2. The molecule has 1 aromatic rings. The second-order valence-electron chi connectivity index (χ2n) is 5.68. The molecule has 1 unspecified atom stereocenters. The minimum atomic E-state index is -0.238. The van der Waals surface area contributed by atoms with Crippen LogP contribution in [0.4, 0.5) is 0 Å². The van der Waals surface area contributed by atoms with Gasteiger partial charge in [-0.15, -0.1) is 11.3 Å². The third-order valence-electron chi connectivity index (χ3n) is 4.52. The van der Waals surface area contributed by atoms with Crippen molar-refractivity contribution in [1.29, 1.82) is 0 Å². The molecule has 19 heavy (non-hydrogen) atoms. The molecule has 0 bridgehead atoms. The Morgan fingerprint density at radius 3 is 2.68 bits per heavy atom. The van der Waals surface area contributed by atoms with Gasteiger partial charge in [0.05, 0.1) is 5.54 Å². The molecule has 0 aromatic carbocycles. The Balaban J connectivity index is 1.96. The van der Waals surface area contributed by atoms with Gasteiger partial charge in [0.2, 0.25) is 0 Å². The highest BCUT2D eigenvalue weighted by Gasteiger charge is 2.37. The summed E-state index contributed by atoms with van der Waals surface area (Å²) < 4.78 is 0. The number of likely N-dealkylation sites (tertiary alicyclic amines) is 1. The summed E-state index contributed by atoms with van der Waals surface area (Å²) in [5.41, 5.74) is -0.238. The van der Waals surface area contributed by atoms with Gasteiger partial charge in [0.25, 0.3) is 0 Å². The number of carbonyl (C=O) groups is 1. The van der Waals surface area contributed by atoms with E-state index >= 15 is 0 Å². The van der Waals surface area contributed by atoms with E-state index in [0.717, 1.165) is 25.9 Å². The maximum atomic E-state index is 12.7. The predicted molar refractivity (Wildman–Crippen MR) is 81.8 cm³/mol. The molecule has 2 nitrogen and oxygen atoms in total. The van der Waals surface area contributed by atoms with E-state index in [1.807, 2.05) is 0 Å². The lowest BCUT2D eigenvalue weighted by molar-refractivity contribution is -0.131. The molecule has 0 amide bonds. The molecule has 0 aliphatic carbocycles. The van der Waals surface area contributed by atoms with Gasteiger partial charge in [0, 0.05) is 11.3 Å². The second kappa shape index (κ2) is 6.67. The Bertz CT molecular complexity index is 395. The predicted octanol–water partition coefficient (Wildman–Crippen LogP) is 3.90. The molecule has 0 spiro atoms. The smallest absolute Gasteiger partial charge is 0.153 e. The number of hydrogen-bond acceptors (Lipinski definition) is 3. The molecule has 0 saturated carbocycles. The first-order valence-electron chi connectivity index (χ1n) is 7.47. The third kappa shape index (κ3) is 3.46.